The summed E-state index contributed by atoms with van der Waals surface area (Å²) in [5.74, 6) is -2.82. The summed E-state index contributed by atoms with van der Waals surface area (Å²) in [4.78, 5) is 19.5. The van der Waals surface area contributed by atoms with Gasteiger partial charge in [-0.05, 0) is 42.8 Å². The minimum absolute atomic E-state index is 0.0360. The maximum absolute atomic E-state index is 14.3. The number of anilines is 2. The Bertz CT molecular complexity index is 1220. The molecule has 6 nitrogen and oxygen atoms in total. The normalized spacial score (nSPS) is 11.0. The molecular weight excluding hydrogens is 366 g/mol. The lowest BCUT2D eigenvalue weighted by molar-refractivity contribution is 0.112. The van der Waals surface area contributed by atoms with Crippen molar-refractivity contribution < 1.29 is 18.7 Å². The van der Waals surface area contributed by atoms with E-state index in [9.17, 15) is 18.7 Å². The predicted molar refractivity (Wildman–Crippen MR) is 99.9 cm³/mol. The lowest BCUT2D eigenvalue weighted by atomic mass is 10.1. The standard InChI is InChI=1S/C20H14F2N4O2/c1-11-8-13(3-2-12(11)10-27)25-19-20-24-9-15(26(20)7-6-23-19)14-4-5-16(28)18(22)17(14)21/h2-10,28H,1H3,(H,23,25). The van der Waals surface area contributed by atoms with Crippen molar-refractivity contribution in [1.82, 2.24) is 14.4 Å². The summed E-state index contributed by atoms with van der Waals surface area (Å²) in [6.45, 7) is 1.82. The molecule has 8 heteroatoms. The Kier molecular flexibility index (Phi) is 4.23. The van der Waals surface area contributed by atoms with Crippen molar-refractivity contribution in [2.24, 2.45) is 0 Å². The molecule has 0 spiro atoms. The average molecular weight is 380 g/mol. The molecule has 28 heavy (non-hydrogen) atoms. The number of hydrogen-bond donors (Lipinski definition) is 2. The van der Waals surface area contributed by atoms with Crippen molar-refractivity contribution in [3.63, 3.8) is 0 Å². The number of rotatable bonds is 4. The lowest BCUT2D eigenvalue weighted by Crippen LogP contribution is -2.00. The number of benzene rings is 2. The van der Waals surface area contributed by atoms with Gasteiger partial charge in [-0.1, -0.05) is 0 Å². The van der Waals surface area contributed by atoms with Crippen LogP contribution in [0.5, 0.6) is 5.75 Å². The topological polar surface area (TPSA) is 79.5 Å². The molecule has 0 bridgehead atoms. The van der Waals surface area contributed by atoms with Crippen LogP contribution in [0.4, 0.5) is 20.3 Å². The van der Waals surface area contributed by atoms with Gasteiger partial charge in [-0.25, -0.2) is 14.4 Å². The van der Waals surface area contributed by atoms with Crippen LogP contribution in [-0.4, -0.2) is 25.8 Å². The highest BCUT2D eigenvalue weighted by Crippen LogP contribution is 2.31. The first-order valence-corrected chi connectivity index (χ1v) is 8.32. The minimum Gasteiger partial charge on any atom is -0.505 e. The third-order valence-electron chi connectivity index (χ3n) is 4.43. The quantitative estimate of drug-likeness (QED) is 0.518. The third kappa shape index (κ3) is 2.84. The van der Waals surface area contributed by atoms with Crippen molar-refractivity contribution in [2.45, 2.75) is 6.92 Å². The highest BCUT2D eigenvalue weighted by molar-refractivity contribution is 5.80. The van der Waals surface area contributed by atoms with E-state index in [0.717, 1.165) is 17.9 Å². The van der Waals surface area contributed by atoms with Gasteiger partial charge in [-0.15, -0.1) is 0 Å². The molecule has 2 aromatic carbocycles. The number of aldehydes is 1. The van der Waals surface area contributed by atoms with Crippen molar-refractivity contribution in [3.05, 3.63) is 71.7 Å². The summed E-state index contributed by atoms with van der Waals surface area (Å²) < 4.78 is 29.6. The van der Waals surface area contributed by atoms with Crippen molar-refractivity contribution in [1.29, 1.82) is 0 Å². The zero-order valence-electron chi connectivity index (χ0n) is 14.6. The summed E-state index contributed by atoms with van der Waals surface area (Å²) in [6.07, 6.45) is 5.26. The average Bonchev–Trinajstić information content (AvgIpc) is 3.11. The molecule has 0 unspecified atom stereocenters. The summed E-state index contributed by atoms with van der Waals surface area (Å²) in [7, 11) is 0. The van der Waals surface area contributed by atoms with Crippen molar-refractivity contribution >= 4 is 23.4 Å². The number of aromatic nitrogens is 3. The molecule has 0 aliphatic heterocycles. The maximum Gasteiger partial charge on any atom is 0.201 e. The summed E-state index contributed by atoms with van der Waals surface area (Å²) >= 11 is 0. The Morgan fingerprint density at radius 2 is 1.96 bits per heavy atom. The largest absolute Gasteiger partial charge is 0.505 e. The molecule has 0 aliphatic rings. The molecule has 2 N–H and O–H groups in total. The Hall–Kier alpha value is -3.81. The van der Waals surface area contributed by atoms with E-state index in [0.29, 0.717) is 28.4 Å². The van der Waals surface area contributed by atoms with Crippen molar-refractivity contribution in [2.75, 3.05) is 5.32 Å². The number of carbonyl (C=O) groups is 1. The smallest absolute Gasteiger partial charge is 0.201 e. The Balaban J connectivity index is 1.78. The van der Waals surface area contributed by atoms with Crippen LogP contribution in [0.3, 0.4) is 0 Å². The number of nitrogens with one attached hydrogen (secondary N) is 1. The van der Waals surface area contributed by atoms with Crippen LogP contribution in [-0.2, 0) is 0 Å². The molecule has 2 heterocycles. The van der Waals surface area contributed by atoms with Crippen LogP contribution in [0.15, 0.2) is 48.9 Å². The van der Waals surface area contributed by atoms with Crippen LogP contribution < -0.4 is 5.32 Å². The zero-order chi connectivity index (χ0) is 19.8. The van der Waals surface area contributed by atoms with Gasteiger partial charge in [0, 0.05) is 29.2 Å². The molecule has 0 aliphatic carbocycles. The van der Waals surface area contributed by atoms with Crippen LogP contribution in [0.2, 0.25) is 0 Å². The molecule has 4 rings (SSSR count). The van der Waals surface area contributed by atoms with Gasteiger partial charge >= 0.3 is 0 Å². The number of hydrogen-bond acceptors (Lipinski definition) is 5. The number of nitrogens with zero attached hydrogens (tertiary/aromatic N) is 3. The fourth-order valence-corrected chi connectivity index (χ4v) is 2.97. The second-order valence-corrected chi connectivity index (χ2v) is 6.19. The van der Waals surface area contributed by atoms with Gasteiger partial charge in [0.05, 0.1) is 11.9 Å². The van der Waals surface area contributed by atoms with E-state index in [1.807, 2.05) is 6.92 Å². The second kappa shape index (κ2) is 6.73. The van der Waals surface area contributed by atoms with Crippen LogP contribution >= 0.6 is 0 Å². The van der Waals surface area contributed by atoms with Gasteiger partial charge in [0.2, 0.25) is 5.82 Å². The van der Waals surface area contributed by atoms with E-state index >= 15 is 0 Å². The molecule has 0 fully saturated rings. The van der Waals surface area contributed by atoms with Gasteiger partial charge < -0.3 is 10.4 Å². The van der Waals surface area contributed by atoms with E-state index in [1.165, 1.54) is 18.5 Å². The van der Waals surface area contributed by atoms with E-state index < -0.39 is 17.4 Å². The highest BCUT2D eigenvalue weighted by atomic mass is 19.2. The van der Waals surface area contributed by atoms with E-state index in [-0.39, 0.29) is 5.56 Å². The molecule has 140 valence electrons. The minimum atomic E-state index is -1.31. The van der Waals surface area contributed by atoms with Crippen LogP contribution in [0.1, 0.15) is 15.9 Å². The monoisotopic (exact) mass is 380 g/mol. The maximum atomic E-state index is 14.3. The molecular formula is C20H14F2N4O2. The Morgan fingerprint density at radius 3 is 2.71 bits per heavy atom. The summed E-state index contributed by atoms with van der Waals surface area (Å²) in [6, 6.07) is 7.60. The number of phenols is 1. The number of carbonyl (C=O) groups excluding carboxylic acids is 1. The number of halogens is 2. The summed E-state index contributed by atoms with van der Waals surface area (Å²) in [5.41, 5.74) is 2.77. The number of phenolic OH excluding ortho intramolecular Hbond substituents is 1. The predicted octanol–water partition coefficient (Wildman–Crippen LogP) is 4.24. The number of fused-ring (bicyclic) bond motifs is 1. The number of aromatic hydroxyl groups is 1. The van der Waals surface area contributed by atoms with Crippen molar-refractivity contribution in [3.8, 4) is 17.0 Å². The van der Waals surface area contributed by atoms with Gasteiger partial charge in [-0.2, -0.15) is 4.39 Å². The fraction of sp³-hybridized carbons (Fsp3) is 0.0500. The number of aryl methyl sites for hydroxylation is 1. The lowest BCUT2D eigenvalue weighted by Gasteiger charge is -2.10. The molecule has 0 radical (unpaired) electrons. The highest BCUT2D eigenvalue weighted by Gasteiger charge is 2.18. The molecule has 0 saturated heterocycles. The second-order valence-electron chi connectivity index (χ2n) is 6.19. The van der Waals surface area contributed by atoms with E-state index in [4.69, 9.17) is 0 Å². The molecule has 0 saturated carbocycles. The first kappa shape index (κ1) is 17.6. The van der Waals surface area contributed by atoms with E-state index in [1.54, 1.807) is 28.8 Å². The molecule has 2 aromatic heterocycles. The van der Waals surface area contributed by atoms with Crippen LogP contribution in [0.25, 0.3) is 16.9 Å². The third-order valence-corrected chi connectivity index (χ3v) is 4.43. The van der Waals surface area contributed by atoms with Gasteiger partial charge in [0.15, 0.2) is 23.0 Å². The summed E-state index contributed by atoms with van der Waals surface area (Å²) in [5, 5.41) is 12.4. The van der Waals surface area contributed by atoms with Gasteiger partial charge in [0.1, 0.15) is 6.29 Å². The van der Waals surface area contributed by atoms with Crippen LogP contribution in [0, 0.1) is 18.6 Å². The molecule has 0 atom stereocenters. The first-order chi connectivity index (χ1) is 13.5. The number of imidazole rings is 1. The fourth-order valence-electron chi connectivity index (χ4n) is 2.97. The Morgan fingerprint density at radius 1 is 1.14 bits per heavy atom. The zero-order valence-corrected chi connectivity index (χ0v) is 14.6. The molecule has 0 amide bonds. The first-order valence-electron chi connectivity index (χ1n) is 8.32. The van der Waals surface area contributed by atoms with Gasteiger partial charge in [-0.3, -0.25) is 9.20 Å². The van der Waals surface area contributed by atoms with Gasteiger partial charge in [0.25, 0.3) is 0 Å². The Labute approximate surface area is 158 Å². The van der Waals surface area contributed by atoms with E-state index in [2.05, 4.69) is 15.3 Å². The molecule has 4 aromatic rings. The SMILES string of the molecule is Cc1cc(Nc2nccn3c(-c4ccc(O)c(F)c4F)cnc23)ccc1C=O.